The van der Waals surface area contributed by atoms with Gasteiger partial charge in [-0.25, -0.2) is 8.42 Å². The molecule has 32 heavy (non-hydrogen) atoms. The number of aryl methyl sites for hydroxylation is 1. The van der Waals surface area contributed by atoms with Gasteiger partial charge in [0.25, 0.3) is 10.0 Å². The second kappa shape index (κ2) is 10.4. The summed E-state index contributed by atoms with van der Waals surface area (Å²) in [5.74, 6) is -0.437. The van der Waals surface area contributed by atoms with Crippen LogP contribution in [-0.2, 0) is 14.8 Å². The van der Waals surface area contributed by atoms with Crippen LogP contribution in [0.4, 0.5) is 5.69 Å². The van der Waals surface area contributed by atoms with Crippen molar-refractivity contribution in [3.05, 3.63) is 94.0 Å². The number of amides is 1. The van der Waals surface area contributed by atoms with Crippen LogP contribution in [0.15, 0.2) is 77.7 Å². The summed E-state index contributed by atoms with van der Waals surface area (Å²) >= 11 is 12.2. The van der Waals surface area contributed by atoms with Crippen molar-refractivity contribution in [2.24, 2.45) is 0 Å². The Morgan fingerprint density at radius 1 is 0.969 bits per heavy atom. The number of benzene rings is 3. The third-order valence-corrected chi connectivity index (χ3v) is 7.20. The first-order valence-corrected chi connectivity index (χ1v) is 12.3. The number of nitrogens with one attached hydrogen (secondary N) is 1. The minimum absolute atomic E-state index is 0.0643. The molecule has 3 aromatic carbocycles. The second-order valence-corrected chi connectivity index (χ2v) is 10.1. The molecular formula is C24H24Cl2N2O3S. The normalized spacial score (nSPS) is 12.2. The van der Waals surface area contributed by atoms with Gasteiger partial charge in [-0.3, -0.25) is 9.10 Å². The first-order valence-electron chi connectivity index (χ1n) is 10.1. The van der Waals surface area contributed by atoms with E-state index in [0.29, 0.717) is 6.42 Å². The van der Waals surface area contributed by atoms with Crippen LogP contribution < -0.4 is 9.62 Å². The monoisotopic (exact) mass is 490 g/mol. The lowest BCUT2D eigenvalue weighted by atomic mass is 10.0. The summed E-state index contributed by atoms with van der Waals surface area (Å²) < 4.78 is 27.9. The van der Waals surface area contributed by atoms with E-state index in [0.717, 1.165) is 15.4 Å². The van der Waals surface area contributed by atoms with Crippen molar-refractivity contribution >= 4 is 44.8 Å². The molecule has 1 unspecified atom stereocenters. The Labute approximate surface area is 199 Å². The molecule has 0 saturated heterocycles. The van der Waals surface area contributed by atoms with Crippen LogP contribution in [0, 0.1) is 6.92 Å². The zero-order valence-corrected chi connectivity index (χ0v) is 20.1. The van der Waals surface area contributed by atoms with Crippen LogP contribution in [0.25, 0.3) is 0 Å². The Morgan fingerprint density at radius 2 is 1.56 bits per heavy atom. The topological polar surface area (TPSA) is 66.5 Å². The molecule has 0 radical (unpaired) electrons. The van der Waals surface area contributed by atoms with E-state index in [1.165, 1.54) is 30.3 Å². The summed E-state index contributed by atoms with van der Waals surface area (Å²) in [5, 5.41) is 3.49. The molecule has 0 aliphatic carbocycles. The van der Waals surface area contributed by atoms with Gasteiger partial charge in [-0.1, -0.05) is 78.2 Å². The van der Waals surface area contributed by atoms with E-state index < -0.39 is 22.5 Å². The highest BCUT2D eigenvalue weighted by Crippen LogP contribution is 2.29. The average molecular weight is 491 g/mol. The fourth-order valence-corrected chi connectivity index (χ4v) is 5.25. The first kappa shape index (κ1) is 24.1. The molecule has 8 heteroatoms. The average Bonchev–Trinajstić information content (AvgIpc) is 2.76. The number of sulfonamides is 1. The largest absolute Gasteiger partial charge is 0.348 e. The van der Waals surface area contributed by atoms with E-state index in [1.807, 2.05) is 38.1 Å². The van der Waals surface area contributed by atoms with Crippen LogP contribution in [0.5, 0.6) is 0 Å². The highest BCUT2D eigenvalue weighted by Gasteiger charge is 2.28. The number of rotatable bonds is 8. The van der Waals surface area contributed by atoms with Crippen molar-refractivity contribution in [3.8, 4) is 0 Å². The number of hydrogen-bond donors (Lipinski definition) is 1. The molecule has 0 aromatic heterocycles. The summed E-state index contributed by atoms with van der Waals surface area (Å²) in [6.07, 6.45) is 0.656. The van der Waals surface area contributed by atoms with Gasteiger partial charge in [-0.05, 0) is 49.2 Å². The van der Waals surface area contributed by atoms with Gasteiger partial charge in [0.05, 0.1) is 16.6 Å². The molecule has 3 rings (SSSR count). The highest BCUT2D eigenvalue weighted by molar-refractivity contribution is 7.92. The quantitative estimate of drug-likeness (QED) is 0.436. The molecule has 0 spiro atoms. The standard InChI is InChI=1S/C24H24Cl2N2O3S/c1-3-23(18-11-9-17(2)10-12-18)27-24(29)16-28(21-14-19(25)13-20(26)15-21)32(30,31)22-7-5-4-6-8-22/h4-15,23H,3,16H2,1-2H3,(H,27,29). The molecule has 1 amide bonds. The highest BCUT2D eigenvalue weighted by atomic mass is 35.5. The summed E-state index contributed by atoms with van der Waals surface area (Å²) in [5.41, 5.74) is 2.28. The third-order valence-electron chi connectivity index (χ3n) is 4.98. The molecule has 0 aliphatic heterocycles. The zero-order chi connectivity index (χ0) is 23.3. The van der Waals surface area contributed by atoms with Gasteiger partial charge >= 0.3 is 0 Å². The Kier molecular flexibility index (Phi) is 7.82. The molecule has 0 fully saturated rings. The van der Waals surface area contributed by atoms with Crippen LogP contribution in [0.3, 0.4) is 0 Å². The fraction of sp³-hybridized carbons (Fsp3) is 0.208. The smallest absolute Gasteiger partial charge is 0.264 e. The van der Waals surface area contributed by atoms with Gasteiger partial charge in [0, 0.05) is 10.0 Å². The Bertz CT molecular complexity index is 1160. The SMILES string of the molecule is CCC(NC(=O)CN(c1cc(Cl)cc(Cl)c1)S(=O)(=O)c1ccccc1)c1ccc(C)cc1. The Hall–Kier alpha value is -2.54. The van der Waals surface area contributed by atoms with E-state index in [2.05, 4.69) is 5.32 Å². The van der Waals surface area contributed by atoms with Crippen molar-refractivity contribution in [1.29, 1.82) is 0 Å². The molecule has 1 N–H and O–H groups in total. The van der Waals surface area contributed by atoms with Crippen molar-refractivity contribution in [3.63, 3.8) is 0 Å². The Balaban J connectivity index is 1.93. The summed E-state index contributed by atoms with van der Waals surface area (Å²) in [7, 11) is -4.04. The summed E-state index contributed by atoms with van der Waals surface area (Å²) in [6.45, 7) is 3.53. The third kappa shape index (κ3) is 5.82. The fourth-order valence-electron chi connectivity index (χ4n) is 3.31. The molecule has 0 heterocycles. The molecule has 3 aromatic rings. The first-order chi connectivity index (χ1) is 15.2. The van der Waals surface area contributed by atoms with Gasteiger partial charge in [0.2, 0.25) is 5.91 Å². The summed E-state index contributed by atoms with van der Waals surface area (Å²) in [4.78, 5) is 13.1. The molecular weight excluding hydrogens is 467 g/mol. The van der Waals surface area contributed by atoms with Crippen LogP contribution >= 0.6 is 23.2 Å². The second-order valence-electron chi connectivity index (χ2n) is 7.39. The van der Waals surface area contributed by atoms with Crippen molar-refractivity contribution in [1.82, 2.24) is 5.32 Å². The van der Waals surface area contributed by atoms with Crippen molar-refractivity contribution < 1.29 is 13.2 Å². The van der Waals surface area contributed by atoms with E-state index in [9.17, 15) is 13.2 Å². The molecule has 5 nitrogen and oxygen atoms in total. The van der Waals surface area contributed by atoms with Gasteiger partial charge in [-0.2, -0.15) is 0 Å². The summed E-state index contributed by atoms with van der Waals surface area (Å²) in [6, 6.07) is 20.0. The van der Waals surface area contributed by atoms with Crippen LogP contribution in [-0.4, -0.2) is 20.9 Å². The number of carbonyl (C=O) groups excluding carboxylic acids is 1. The number of anilines is 1. The predicted molar refractivity (Wildman–Crippen MR) is 130 cm³/mol. The number of halogens is 2. The Morgan fingerprint density at radius 3 is 2.12 bits per heavy atom. The number of nitrogens with zero attached hydrogens (tertiary/aromatic N) is 1. The maximum Gasteiger partial charge on any atom is 0.264 e. The zero-order valence-electron chi connectivity index (χ0n) is 17.8. The van der Waals surface area contributed by atoms with E-state index in [-0.39, 0.29) is 26.7 Å². The minimum atomic E-state index is -4.04. The molecule has 1 atom stereocenters. The molecule has 168 valence electrons. The number of hydrogen-bond acceptors (Lipinski definition) is 3. The lowest BCUT2D eigenvalue weighted by molar-refractivity contribution is -0.120. The molecule has 0 saturated carbocycles. The lowest BCUT2D eigenvalue weighted by Crippen LogP contribution is -2.42. The van der Waals surface area contributed by atoms with Gasteiger partial charge in [0.1, 0.15) is 6.54 Å². The van der Waals surface area contributed by atoms with Crippen molar-refractivity contribution in [2.45, 2.75) is 31.2 Å². The van der Waals surface area contributed by atoms with Crippen LogP contribution in [0.1, 0.15) is 30.5 Å². The molecule has 0 bridgehead atoms. The van der Waals surface area contributed by atoms with E-state index in [1.54, 1.807) is 18.2 Å². The molecule has 0 aliphatic rings. The van der Waals surface area contributed by atoms with Crippen LogP contribution in [0.2, 0.25) is 10.0 Å². The van der Waals surface area contributed by atoms with E-state index >= 15 is 0 Å². The van der Waals surface area contributed by atoms with Gasteiger partial charge in [0.15, 0.2) is 0 Å². The number of carbonyl (C=O) groups is 1. The maximum absolute atomic E-state index is 13.4. The lowest BCUT2D eigenvalue weighted by Gasteiger charge is -2.26. The minimum Gasteiger partial charge on any atom is -0.348 e. The maximum atomic E-state index is 13.4. The van der Waals surface area contributed by atoms with Crippen molar-refractivity contribution in [2.75, 3.05) is 10.8 Å². The van der Waals surface area contributed by atoms with Gasteiger partial charge in [-0.15, -0.1) is 0 Å². The van der Waals surface area contributed by atoms with E-state index in [4.69, 9.17) is 23.2 Å². The predicted octanol–water partition coefficient (Wildman–Crippen LogP) is 5.76. The van der Waals surface area contributed by atoms with Gasteiger partial charge < -0.3 is 5.32 Å².